The molecule has 0 bridgehead atoms. The Bertz CT molecular complexity index is 859. The number of rotatable bonds is 3. The molecule has 6 nitrogen and oxygen atoms in total. The van der Waals surface area contributed by atoms with E-state index in [-0.39, 0.29) is 17.2 Å². The van der Waals surface area contributed by atoms with Gasteiger partial charge in [0.25, 0.3) is 0 Å². The zero-order valence-corrected chi connectivity index (χ0v) is 11.9. The molecule has 2 aromatic heterocycles. The van der Waals surface area contributed by atoms with E-state index in [9.17, 15) is 18.3 Å². The zero-order chi connectivity index (χ0) is 16.6. The van der Waals surface area contributed by atoms with Crippen LogP contribution in [0, 0.1) is 6.92 Å². The number of fused-ring (bicyclic) bond motifs is 1. The van der Waals surface area contributed by atoms with Crippen molar-refractivity contribution in [2.45, 2.75) is 19.7 Å². The Morgan fingerprint density at radius 1 is 1.22 bits per heavy atom. The number of benzene rings is 1. The number of alkyl halides is 3. The molecule has 0 spiro atoms. The third-order valence-corrected chi connectivity index (χ3v) is 3.16. The van der Waals surface area contributed by atoms with Crippen molar-refractivity contribution in [1.82, 2.24) is 20.2 Å². The predicted octanol–water partition coefficient (Wildman–Crippen LogP) is 2.92. The second-order valence-electron chi connectivity index (χ2n) is 4.94. The Morgan fingerprint density at radius 3 is 2.61 bits per heavy atom. The van der Waals surface area contributed by atoms with E-state index in [0.717, 1.165) is 17.8 Å². The molecule has 1 aromatic carbocycles. The minimum atomic E-state index is -4.47. The topological polar surface area (TPSA) is 86.7 Å². The maximum Gasteiger partial charge on any atom is 0.416 e. The fourth-order valence-electron chi connectivity index (χ4n) is 2.12. The van der Waals surface area contributed by atoms with E-state index in [4.69, 9.17) is 0 Å². The number of anilines is 2. The minimum absolute atomic E-state index is 0.0200. The summed E-state index contributed by atoms with van der Waals surface area (Å²) >= 11 is 0. The van der Waals surface area contributed by atoms with Crippen LogP contribution in [-0.2, 0) is 12.8 Å². The predicted molar refractivity (Wildman–Crippen MR) is 77.1 cm³/mol. The molecule has 3 aromatic rings. The first-order valence-corrected chi connectivity index (χ1v) is 6.64. The summed E-state index contributed by atoms with van der Waals surface area (Å²) in [6, 6.07) is 4.90. The number of hydrogen-bond acceptors (Lipinski definition) is 5. The van der Waals surface area contributed by atoms with Crippen LogP contribution in [0.25, 0.3) is 10.9 Å². The maximum atomic E-state index is 12.8. The van der Waals surface area contributed by atoms with E-state index in [0.29, 0.717) is 11.2 Å². The van der Waals surface area contributed by atoms with Gasteiger partial charge in [0.05, 0.1) is 11.1 Å². The molecule has 0 aliphatic carbocycles. The van der Waals surface area contributed by atoms with E-state index < -0.39 is 18.3 Å². The number of nitrogens with zero attached hydrogens (tertiary/aromatic N) is 3. The third-order valence-electron chi connectivity index (χ3n) is 3.16. The van der Waals surface area contributed by atoms with Crippen LogP contribution in [0.2, 0.25) is 0 Å². The van der Waals surface area contributed by atoms with Gasteiger partial charge in [-0.05, 0) is 25.1 Å². The molecule has 0 aliphatic heterocycles. The van der Waals surface area contributed by atoms with Gasteiger partial charge in [-0.2, -0.15) is 18.3 Å². The second kappa shape index (κ2) is 5.51. The first-order chi connectivity index (χ1) is 10.9. The van der Waals surface area contributed by atoms with Gasteiger partial charge in [-0.1, -0.05) is 0 Å². The Labute approximate surface area is 128 Å². The number of aliphatic hydroxyl groups is 1. The molecule has 3 N–H and O–H groups in total. The number of aromatic amines is 1. The standard InChI is InChI=1S/C14H12F3N5O/c1-7-4-11(22-21-7)19-13-9-3-2-8(14(15,16)17)5-10(9)18-12(6-23)20-13/h2-5,23H,6H2,1H3,(H2,18,19,20,21,22). The minimum Gasteiger partial charge on any atom is -0.388 e. The molecule has 0 radical (unpaired) electrons. The van der Waals surface area contributed by atoms with Crippen molar-refractivity contribution in [3.05, 3.63) is 41.3 Å². The number of aliphatic hydroxyl groups excluding tert-OH is 1. The highest BCUT2D eigenvalue weighted by Gasteiger charge is 2.30. The van der Waals surface area contributed by atoms with Crippen molar-refractivity contribution in [1.29, 1.82) is 0 Å². The van der Waals surface area contributed by atoms with Crippen LogP contribution in [0.1, 0.15) is 17.1 Å². The molecule has 23 heavy (non-hydrogen) atoms. The number of aromatic nitrogens is 4. The molecule has 2 heterocycles. The van der Waals surface area contributed by atoms with Crippen molar-refractivity contribution in [3.63, 3.8) is 0 Å². The molecule has 3 rings (SSSR count). The maximum absolute atomic E-state index is 12.8. The molecule has 0 fully saturated rings. The molecular weight excluding hydrogens is 311 g/mol. The molecule has 0 unspecified atom stereocenters. The van der Waals surface area contributed by atoms with Crippen LogP contribution in [0.4, 0.5) is 24.8 Å². The summed E-state index contributed by atoms with van der Waals surface area (Å²) in [5.74, 6) is 0.761. The summed E-state index contributed by atoms with van der Waals surface area (Å²) < 4.78 is 38.5. The van der Waals surface area contributed by atoms with Crippen molar-refractivity contribution >= 4 is 22.5 Å². The third kappa shape index (κ3) is 3.09. The van der Waals surface area contributed by atoms with Crippen molar-refractivity contribution in [3.8, 4) is 0 Å². The molecule has 0 atom stereocenters. The van der Waals surface area contributed by atoms with Crippen LogP contribution in [0.3, 0.4) is 0 Å². The van der Waals surface area contributed by atoms with Gasteiger partial charge >= 0.3 is 6.18 Å². The number of hydrogen-bond donors (Lipinski definition) is 3. The van der Waals surface area contributed by atoms with E-state index in [1.165, 1.54) is 6.07 Å². The SMILES string of the molecule is Cc1cc(Nc2nc(CO)nc3cc(C(F)(F)F)ccc23)n[nH]1. The van der Waals surface area contributed by atoms with Gasteiger partial charge in [-0.15, -0.1) is 0 Å². The average molecular weight is 323 g/mol. The molecule has 9 heteroatoms. The largest absolute Gasteiger partial charge is 0.416 e. The monoisotopic (exact) mass is 323 g/mol. The van der Waals surface area contributed by atoms with Crippen LogP contribution in [0.15, 0.2) is 24.3 Å². The first-order valence-electron chi connectivity index (χ1n) is 6.64. The second-order valence-corrected chi connectivity index (χ2v) is 4.94. The highest BCUT2D eigenvalue weighted by atomic mass is 19.4. The molecule has 120 valence electrons. The van der Waals surface area contributed by atoms with Crippen molar-refractivity contribution in [2.24, 2.45) is 0 Å². The van der Waals surface area contributed by atoms with Crippen LogP contribution >= 0.6 is 0 Å². The van der Waals surface area contributed by atoms with E-state index in [1.807, 2.05) is 6.92 Å². The van der Waals surface area contributed by atoms with Gasteiger partial charge in [-0.25, -0.2) is 9.97 Å². The van der Waals surface area contributed by atoms with Crippen molar-refractivity contribution < 1.29 is 18.3 Å². The highest BCUT2D eigenvalue weighted by Crippen LogP contribution is 2.32. The fourth-order valence-corrected chi connectivity index (χ4v) is 2.12. The molecular formula is C14H12F3N5O. The van der Waals surface area contributed by atoms with Gasteiger partial charge in [0, 0.05) is 17.1 Å². The first kappa shape index (κ1) is 15.2. The number of H-pyrrole nitrogens is 1. The van der Waals surface area contributed by atoms with E-state index in [1.54, 1.807) is 6.07 Å². The lowest BCUT2D eigenvalue weighted by Crippen LogP contribution is -2.06. The van der Waals surface area contributed by atoms with Gasteiger partial charge < -0.3 is 10.4 Å². The fraction of sp³-hybridized carbons (Fsp3) is 0.214. The summed E-state index contributed by atoms with van der Waals surface area (Å²) in [7, 11) is 0. The molecule has 0 saturated carbocycles. The molecule has 0 aliphatic rings. The lowest BCUT2D eigenvalue weighted by Gasteiger charge is -2.11. The zero-order valence-electron chi connectivity index (χ0n) is 11.9. The normalized spacial score (nSPS) is 11.9. The molecule has 0 saturated heterocycles. The van der Waals surface area contributed by atoms with Crippen LogP contribution < -0.4 is 5.32 Å². The Hall–Kier alpha value is -2.68. The van der Waals surface area contributed by atoms with Gasteiger partial charge in [-0.3, -0.25) is 5.10 Å². The summed E-state index contributed by atoms with van der Waals surface area (Å²) in [6.45, 7) is 1.32. The van der Waals surface area contributed by atoms with E-state index in [2.05, 4.69) is 25.5 Å². The number of aryl methyl sites for hydroxylation is 1. The van der Waals surface area contributed by atoms with Crippen molar-refractivity contribution in [2.75, 3.05) is 5.32 Å². The summed E-state index contributed by atoms with van der Waals surface area (Å²) in [5.41, 5.74) is 0.0930. The quantitative estimate of drug-likeness (QED) is 0.690. The molecule has 0 amide bonds. The van der Waals surface area contributed by atoms with E-state index >= 15 is 0 Å². The Kier molecular flexibility index (Phi) is 3.64. The summed E-state index contributed by atoms with van der Waals surface area (Å²) in [6.07, 6.45) is -4.47. The lowest BCUT2D eigenvalue weighted by molar-refractivity contribution is -0.137. The number of nitrogens with one attached hydrogen (secondary N) is 2. The van der Waals surface area contributed by atoms with Crippen LogP contribution in [0.5, 0.6) is 0 Å². The smallest absolute Gasteiger partial charge is 0.388 e. The number of halogens is 3. The van der Waals surface area contributed by atoms with Gasteiger partial charge in [0.2, 0.25) is 0 Å². The van der Waals surface area contributed by atoms with Gasteiger partial charge in [0.1, 0.15) is 12.4 Å². The lowest BCUT2D eigenvalue weighted by atomic mass is 10.1. The average Bonchev–Trinajstić information content (AvgIpc) is 2.90. The van der Waals surface area contributed by atoms with Crippen LogP contribution in [-0.4, -0.2) is 25.3 Å². The summed E-state index contributed by atoms with van der Waals surface area (Å²) in [4.78, 5) is 8.05. The Balaban J connectivity index is 2.12. The summed E-state index contributed by atoms with van der Waals surface area (Å²) in [5, 5.41) is 19.3. The Morgan fingerprint density at radius 2 is 2.00 bits per heavy atom. The van der Waals surface area contributed by atoms with Gasteiger partial charge in [0.15, 0.2) is 11.6 Å². The highest BCUT2D eigenvalue weighted by molar-refractivity contribution is 5.91.